The van der Waals surface area contributed by atoms with Crippen molar-refractivity contribution in [3.05, 3.63) is 58.7 Å². The highest BCUT2D eigenvalue weighted by Gasteiger charge is 2.22. The van der Waals surface area contributed by atoms with Crippen molar-refractivity contribution in [3.63, 3.8) is 0 Å². The first-order valence-corrected chi connectivity index (χ1v) is 7.89. The van der Waals surface area contributed by atoms with E-state index in [1.807, 2.05) is 18.2 Å². The van der Waals surface area contributed by atoms with Crippen LogP contribution in [0.5, 0.6) is 11.5 Å². The molecule has 2 aromatic carbocycles. The molecule has 0 unspecified atom stereocenters. The maximum atomic E-state index is 11.1. The summed E-state index contributed by atoms with van der Waals surface area (Å²) >= 11 is 0. The fraction of sp³-hybridized carbons (Fsp3) is 0.263. The number of carbonyl (C=O) groups is 1. The summed E-state index contributed by atoms with van der Waals surface area (Å²) in [6.07, 6.45) is 0. The Morgan fingerprint density at radius 2 is 1.96 bits per heavy atom. The van der Waals surface area contributed by atoms with Gasteiger partial charge in [0.15, 0.2) is 0 Å². The minimum atomic E-state index is -0.971. The molecule has 3 rings (SSSR count). The zero-order valence-electron chi connectivity index (χ0n) is 14.2. The summed E-state index contributed by atoms with van der Waals surface area (Å²) in [5.74, 6) is 0.512. The zero-order chi connectivity index (χ0) is 18.0. The van der Waals surface area contributed by atoms with Gasteiger partial charge in [0.25, 0.3) is 0 Å². The van der Waals surface area contributed by atoms with Gasteiger partial charge in [-0.05, 0) is 23.8 Å². The van der Waals surface area contributed by atoms with Gasteiger partial charge in [-0.25, -0.2) is 4.79 Å². The molecule has 0 bridgehead atoms. The van der Waals surface area contributed by atoms with Crippen LogP contribution in [0.2, 0.25) is 0 Å². The molecule has 25 heavy (non-hydrogen) atoms. The lowest BCUT2D eigenvalue weighted by atomic mass is 9.95. The van der Waals surface area contributed by atoms with Crippen molar-refractivity contribution >= 4 is 11.7 Å². The number of fused-ring (bicyclic) bond motifs is 1. The number of benzene rings is 2. The van der Waals surface area contributed by atoms with E-state index in [4.69, 9.17) is 20.0 Å². The molecule has 0 atom stereocenters. The lowest BCUT2D eigenvalue weighted by molar-refractivity contribution is 0.0697. The normalized spacial score (nSPS) is 14.1. The van der Waals surface area contributed by atoms with Gasteiger partial charge in [0.05, 0.1) is 25.5 Å². The van der Waals surface area contributed by atoms with Gasteiger partial charge in [-0.3, -0.25) is 4.90 Å². The molecule has 0 spiro atoms. The highest BCUT2D eigenvalue weighted by molar-refractivity contribution is 6.03. The van der Waals surface area contributed by atoms with E-state index in [2.05, 4.69) is 4.90 Å². The molecule has 2 N–H and O–H groups in total. The number of ether oxygens (including phenoxy) is 2. The van der Waals surface area contributed by atoms with Gasteiger partial charge in [0, 0.05) is 36.8 Å². The zero-order valence-corrected chi connectivity index (χ0v) is 14.2. The molecular weight excluding hydrogens is 320 g/mol. The quantitative estimate of drug-likeness (QED) is 0.874. The second-order valence-electron chi connectivity index (χ2n) is 5.98. The van der Waals surface area contributed by atoms with Crippen LogP contribution < -0.4 is 9.47 Å². The minimum absolute atomic E-state index is 0.216. The third-order valence-corrected chi connectivity index (χ3v) is 4.35. The Balaban J connectivity index is 1.82. The number of carboxylic acid groups (broad SMARTS) is 1. The molecule has 2 aromatic rings. The lowest BCUT2D eigenvalue weighted by Gasteiger charge is -2.30. The maximum absolute atomic E-state index is 11.1. The molecule has 6 heteroatoms. The van der Waals surface area contributed by atoms with E-state index in [0.29, 0.717) is 25.3 Å². The van der Waals surface area contributed by atoms with E-state index >= 15 is 0 Å². The molecule has 0 aliphatic carbocycles. The van der Waals surface area contributed by atoms with Crippen LogP contribution >= 0.6 is 0 Å². The van der Waals surface area contributed by atoms with Crippen molar-refractivity contribution in [2.75, 3.05) is 20.8 Å². The predicted molar refractivity (Wildman–Crippen MR) is 93.9 cm³/mol. The summed E-state index contributed by atoms with van der Waals surface area (Å²) in [7, 11) is 3.24. The van der Waals surface area contributed by atoms with Gasteiger partial charge in [-0.2, -0.15) is 0 Å². The summed E-state index contributed by atoms with van der Waals surface area (Å²) in [5.41, 5.74) is 3.35. The molecule has 130 valence electrons. The number of aromatic carboxylic acids is 1. The van der Waals surface area contributed by atoms with Crippen molar-refractivity contribution < 1.29 is 19.4 Å². The van der Waals surface area contributed by atoms with E-state index < -0.39 is 5.97 Å². The van der Waals surface area contributed by atoms with Crippen LogP contribution in [-0.2, 0) is 13.1 Å². The average molecular weight is 340 g/mol. The SMILES string of the molecule is COc1ccc(CN2CC(=N)c3cc(C(=O)O)ccc3C2)c(OC)c1. The van der Waals surface area contributed by atoms with Gasteiger partial charge < -0.3 is 20.0 Å². The van der Waals surface area contributed by atoms with Crippen LogP contribution in [0.25, 0.3) is 0 Å². The van der Waals surface area contributed by atoms with Crippen molar-refractivity contribution in [2.45, 2.75) is 13.1 Å². The Kier molecular flexibility index (Phi) is 4.72. The van der Waals surface area contributed by atoms with Gasteiger partial charge in [-0.1, -0.05) is 12.1 Å². The maximum Gasteiger partial charge on any atom is 0.335 e. The third-order valence-electron chi connectivity index (χ3n) is 4.35. The van der Waals surface area contributed by atoms with E-state index in [-0.39, 0.29) is 5.56 Å². The van der Waals surface area contributed by atoms with Crippen LogP contribution in [-0.4, -0.2) is 42.5 Å². The molecule has 1 heterocycles. The van der Waals surface area contributed by atoms with Crippen LogP contribution in [0.3, 0.4) is 0 Å². The second kappa shape index (κ2) is 6.94. The Morgan fingerprint density at radius 3 is 2.64 bits per heavy atom. The van der Waals surface area contributed by atoms with Gasteiger partial charge in [0.2, 0.25) is 0 Å². The summed E-state index contributed by atoms with van der Waals surface area (Å²) in [6.45, 7) is 1.76. The van der Waals surface area contributed by atoms with E-state index in [1.54, 1.807) is 32.4 Å². The van der Waals surface area contributed by atoms with Crippen molar-refractivity contribution in [1.29, 1.82) is 5.41 Å². The number of methoxy groups -OCH3 is 2. The summed E-state index contributed by atoms with van der Waals surface area (Å²) in [6, 6.07) is 10.7. The second-order valence-corrected chi connectivity index (χ2v) is 5.98. The van der Waals surface area contributed by atoms with Crippen molar-refractivity contribution in [2.24, 2.45) is 0 Å². The van der Waals surface area contributed by atoms with E-state index in [9.17, 15) is 4.79 Å². The fourth-order valence-electron chi connectivity index (χ4n) is 3.07. The monoisotopic (exact) mass is 340 g/mol. The van der Waals surface area contributed by atoms with Crippen LogP contribution in [0.4, 0.5) is 0 Å². The first-order chi connectivity index (χ1) is 12.0. The topological polar surface area (TPSA) is 82.9 Å². The van der Waals surface area contributed by atoms with Crippen LogP contribution in [0.15, 0.2) is 36.4 Å². The molecule has 0 saturated heterocycles. The Labute approximate surface area is 146 Å². The van der Waals surface area contributed by atoms with Crippen LogP contribution in [0.1, 0.15) is 27.0 Å². The summed E-state index contributed by atoms with van der Waals surface area (Å²) < 4.78 is 10.7. The van der Waals surface area contributed by atoms with Gasteiger partial charge in [0.1, 0.15) is 11.5 Å². The molecule has 0 amide bonds. The molecule has 1 aliphatic rings. The number of hydrogen-bond donors (Lipinski definition) is 2. The van der Waals surface area contributed by atoms with Crippen molar-refractivity contribution in [1.82, 2.24) is 4.90 Å². The molecule has 0 aromatic heterocycles. The summed E-state index contributed by atoms with van der Waals surface area (Å²) in [4.78, 5) is 13.3. The van der Waals surface area contributed by atoms with Gasteiger partial charge in [-0.15, -0.1) is 0 Å². The molecule has 6 nitrogen and oxygen atoms in total. The Hall–Kier alpha value is -2.86. The number of hydrogen-bond acceptors (Lipinski definition) is 5. The Bertz CT molecular complexity index is 832. The smallest absolute Gasteiger partial charge is 0.335 e. The molecule has 0 fully saturated rings. The minimum Gasteiger partial charge on any atom is -0.497 e. The van der Waals surface area contributed by atoms with Crippen molar-refractivity contribution in [3.8, 4) is 11.5 Å². The first-order valence-electron chi connectivity index (χ1n) is 7.89. The number of nitrogens with zero attached hydrogens (tertiary/aromatic N) is 1. The molecule has 0 saturated carbocycles. The largest absolute Gasteiger partial charge is 0.497 e. The molecule has 0 radical (unpaired) electrons. The summed E-state index contributed by atoms with van der Waals surface area (Å²) in [5, 5.41) is 17.4. The number of rotatable bonds is 5. The number of carboxylic acids is 1. The number of nitrogens with one attached hydrogen (secondary N) is 1. The van der Waals surface area contributed by atoms with Gasteiger partial charge >= 0.3 is 5.97 Å². The lowest BCUT2D eigenvalue weighted by Crippen LogP contribution is -2.34. The highest BCUT2D eigenvalue weighted by atomic mass is 16.5. The highest BCUT2D eigenvalue weighted by Crippen LogP contribution is 2.28. The predicted octanol–water partition coefficient (Wildman–Crippen LogP) is 2.79. The average Bonchev–Trinajstić information content (AvgIpc) is 2.61. The standard InChI is InChI=1S/C19H20N2O4/c1-24-15-6-5-14(18(8-15)25-2)10-21-9-13-4-3-12(19(22)23)7-16(13)17(20)11-21/h3-8,20H,9-11H2,1-2H3,(H,22,23). The molecular formula is C19H20N2O4. The Morgan fingerprint density at radius 1 is 1.16 bits per heavy atom. The van der Waals surface area contributed by atoms with Crippen LogP contribution in [0, 0.1) is 5.41 Å². The molecule has 1 aliphatic heterocycles. The third kappa shape index (κ3) is 3.49. The fourth-order valence-corrected chi connectivity index (χ4v) is 3.07. The van der Waals surface area contributed by atoms with E-state index in [1.165, 1.54) is 0 Å². The van der Waals surface area contributed by atoms with E-state index in [0.717, 1.165) is 28.2 Å². The first kappa shape index (κ1) is 17.0.